The number of nitrogens with one attached hydrogen (secondary N) is 1. The predicted molar refractivity (Wildman–Crippen MR) is 82.5 cm³/mol. The number of Topliss-reactive ketones (excluding diaryl/α,β-unsaturated/α-hetero) is 1. The summed E-state index contributed by atoms with van der Waals surface area (Å²) in [5.41, 5.74) is 1.10. The number of amides is 1. The Morgan fingerprint density at radius 2 is 2.25 bits per heavy atom. The largest absolute Gasteiger partial charge is 0.356 e. The number of thioether (sulfide) groups is 1. The Balaban J connectivity index is 2.07. The van der Waals surface area contributed by atoms with Gasteiger partial charge in [-0.2, -0.15) is 11.8 Å². The van der Waals surface area contributed by atoms with Gasteiger partial charge >= 0.3 is 0 Å². The van der Waals surface area contributed by atoms with E-state index in [1.807, 2.05) is 16.7 Å². The number of hydrogen-bond acceptors (Lipinski definition) is 3. The van der Waals surface area contributed by atoms with E-state index in [0.29, 0.717) is 16.5 Å². The summed E-state index contributed by atoms with van der Waals surface area (Å²) >= 11 is 1.93. The molecule has 1 fully saturated rings. The summed E-state index contributed by atoms with van der Waals surface area (Å²) in [6, 6.07) is 1.66. The van der Waals surface area contributed by atoms with Crippen molar-refractivity contribution in [3.8, 4) is 0 Å². The van der Waals surface area contributed by atoms with Crippen LogP contribution < -0.4 is 0 Å². The number of rotatable bonds is 4. The minimum atomic E-state index is -0.0180. The van der Waals surface area contributed by atoms with Crippen LogP contribution in [0.1, 0.15) is 54.0 Å². The lowest BCUT2D eigenvalue weighted by Crippen LogP contribution is -2.35. The minimum Gasteiger partial charge on any atom is -0.356 e. The number of H-pyrrole nitrogens is 1. The summed E-state index contributed by atoms with van der Waals surface area (Å²) in [4.78, 5) is 28.7. The predicted octanol–water partition coefficient (Wildman–Crippen LogP) is 2.97. The maximum atomic E-state index is 12.5. The average molecular weight is 294 g/mol. The highest BCUT2D eigenvalue weighted by atomic mass is 32.2. The lowest BCUT2D eigenvalue weighted by Gasteiger charge is -2.23. The number of aromatic amines is 1. The van der Waals surface area contributed by atoms with Crippen molar-refractivity contribution >= 4 is 23.5 Å². The molecule has 1 aromatic rings. The van der Waals surface area contributed by atoms with Crippen LogP contribution in [0, 0.1) is 0 Å². The zero-order chi connectivity index (χ0) is 14.5. The summed E-state index contributed by atoms with van der Waals surface area (Å²) in [5, 5.41) is 0.536. The Morgan fingerprint density at radius 1 is 1.45 bits per heavy atom. The van der Waals surface area contributed by atoms with Crippen molar-refractivity contribution in [3.63, 3.8) is 0 Å². The summed E-state index contributed by atoms with van der Waals surface area (Å²) in [7, 11) is 0. The fraction of sp³-hybridized carbons (Fsp3) is 0.600. The normalized spacial score (nSPS) is 19.7. The lowest BCUT2D eigenvalue weighted by molar-refractivity contribution is 0.0758. The first-order valence-corrected chi connectivity index (χ1v) is 8.27. The molecule has 2 heterocycles. The van der Waals surface area contributed by atoms with Crippen LogP contribution >= 0.6 is 11.8 Å². The van der Waals surface area contributed by atoms with E-state index >= 15 is 0 Å². The number of ketones is 1. The lowest BCUT2D eigenvalue weighted by atomic mass is 10.2. The Labute approximate surface area is 124 Å². The number of hydrogen-bond donors (Lipinski definition) is 1. The minimum absolute atomic E-state index is 0.0149. The van der Waals surface area contributed by atoms with Crippen LogP contribution in [0.15, 0.2) is 12.3 Å². The quantitative estimate of drug-likeness (QED) is 0.869. The van der Waals surface area contributed by atoms with Crippen molar-refractivity contribution in [1.29, 1.82) is 0 Å². The first-order chi connectivity index (χ1) is 9.61. The monoisotopic (exact) mass is 294 g/mol. The van der Waals surface area contributed by atoms with Crippen LogP contribution in [-0.2, 0) is 0 Å². The standard InChI is InChI=1S/C15H22N2O2S/c1-3-20-13-6-4-5-7-17(10-13)15(19)14-8-12(9-16-14)11(2)18/h8-9,13,16H,3-7,10H2,1-2H3. The van der Waals surface area contributed by atoms with Crippen LogP contribution in [0.25, 0.3) is 0 Å². The van der Waals surface area contributed by atoms with Gasteiger partial charge in [0.1, 0.15) is 5.69 Å². The van der Waals surface area contributed by atoms with Crippen LogP contribution in [0.3, 0.4) is 0 Å². The van der Waals surface area contributed by atoms with Gasteiger partial charge in [-0.05, 0) is 31.6 Å². The molecular formula is C15H22N2O2S. The van der Waals surface area contributed by atoms with Gasteiger partial charge in [0.15, 0.2) is 5.78 Å². The van der Waals surface area contributed by atoms with Crippen molar-refractivity contribution in [3.05, 3.63) is 23.5 Å². The Morgan fingerprint density at radius 3 is 2.90 bits per heavy atom. The molecule has 1 aliphatic rings. The second-order valence-corrected chi connectivity index (χ2v) is 6.76. The van der Waals surface area contributed by atoms with Gasteiger partial charge in [0, 0.05) is 30.1 Å². The van der Waals surface area contributed by atoms with Crippen LogP contribution in [0.4, 0.5) is 0 Å². The second kappa shape index (κ2) is 6.97. The highest BCUT2D eigenvalue weighted by Crippen LogP contribution is 2.23. The van der Waals surface area contributed by atoms with Gasteiger partial charge in [-0.25, -0.2) is 0 Å². The van der Waals surface area contributed by atoms with Gasteiger partial charge in [0.25, 0.3) is 5.91 Å². The maximum Gasteiger partial charge on any atom is 0.270 e. The van der Waals surface area contributed by atoms with Gasteiger partial charge in [0.2, 0.25) is 0 Å². The number of carbonyl (C=O) groups excluding carboxylic acids is 2. The summed E-state index contributed by atoms with van der Waals surface area (Å²) in [6.07, 6.45) is 5.05. The van der Waals surface area contributed by atoms with E-state index in [9.17, 15) is 9.59 Å². The van der Waals surface area contributed by atoms with Gasteiger partial charge in [-0.3, -0.25) is 9.59 Å². The molecule has 1 aliphatic heterocycles. The third-order valence-electron chi connectivity index (χ3n) is 3.64. The highest BCUT2D eigenvalue weighted by molar-refractivity contribution is 7.99. The van der Waals surface area contributed by atoms with E-state index in [1.54, 1.807) is 12.3 Å². The molecule has 20 heavy (non-hydrogen) atoms. The van der Waals surface area contributed by atoms with Gasteiger partial charge in [0.05, 0.1) is 0 Å². The number of nitrogens with zero attached hydrogens (tertiary/aromatic N) is 1. The maximum absolute atomic E-state index is 12.5. The van der Waals surface area contributed by atoms with Gasteiger partial charge in [-0.1, -0.05) is 13.3 Å². The van der Waals surface area contributed by atoms with Crippen molar-refractivity contribution in [1.82, 2.24) is 9.88 Å². The van der Waals surface area contributed by atoms with Crippen molar-refractivity contribution < 1.29 is 9.59 Å². The van der Waals surface area contributed by atoms with E-state index in [-0.39, 0.29) is 11.7 Å². The SMILES string of the molecule is CCSC1CCCCN(C(=O)c2cc(C(C)=O)c[nH]2)C1. The molecule has 0 saturated carbocycles. The molecule has 1 atom stereocenters. The smallest absolute Gasteiger partial charge is 0.270 e. The molecule has 2 rings (SSSR count). The molecule has 110 valence electrons. The van der Waals surface area contributed by atoms with E-state index in [0.717, 1.165) is 25.3 Å². The average Bonchev–Trinajstić information content (AvgIpc) is 2.80. The van der Waals surface area contributed by atoms with Crippen LogP contribution in [0.2, 0.25) is 0 Å². The molecule has 4 nitrogen and oxygen atoms in total. The summed E-state index contributed by atoms with van der Waals surface area (Å²) in [6.45, 7) is 5.29. The molecule has 0 aromatic carbocycles. The van der Waals surface area contributed by atoms with Gasteiger partial charge in [-0.15, -0.1) is 0 Å². The molecule has 0 radical (unpaired) electrons. The number of carbonyl (C=O) groups is 2. The Kier molecular flexibility index (Phi) is 5.29. The Hall–Kier alpha value is -1.23. The first-order valence-electron chi connectivity index (χ1n) is 7.22. The zero-order valence-corrected chi connectivity index (χ0v) is 13.0. The summed E-state index contributed by atoms with van der Waals surface area (Å²) in [5.74, 6) is 1.08. The molecular weight excluding hydrogens is 272 g/mol. The molecule has 1 N–H and O–H groups in total. The fourth-order valence-corrected chi connectivity index (χ4v) is 3.64. The fourth-order valence-electron chi connectivity index (χ4n) is 2.55. The van der Waals surface area contributed by atoms with E-state index in [1.165, 1.54) is 19.8 Å². The second-order valence-electron chi connectivity index (χ2n) is 5.18. The van der Waals surface area contributed by atoms with Crippen LogP contribution in [-0.4, -0.2) is 45.7 Å². The molecule has 1 saturated heterocycles. The van der Waals surface area contributed by atoms with E-state index in [4.69, 9.17) is 0 Å². The third kappa shape index (κ3) is 3.66. The molecule has 1 unspecified atom stereocenters. The number of likely N-dealkylation sites (tertiary alicyclic amines) is 1. The number of aromatic nitrogens is 1. The highest BCUT2D eigenvalue weighted by Gasteiger charge is 2.24. The third-order valence-corrected chi connectivity index (χ3v) is 4.83. The van der Waals surface area contributed by atoms with Crippen molar-refractivity contribution in [2.45, 2.75) is 38.4 Å². The Bertz CT molecular complexity index is 484. The molecule has 1 aromatic heterocycles. The van der Waals surface area contributed by atoms with Gasteiger partial charge < -0.3 is 9.88 Å². The molecule has 0 spiro atoms. The van der Waals surface area contributed by atoms with Crippen molar-refractivity contribution in [2.75, 3.05) is 18.8 Å². The molecule has 1 amide bonds. The summed E-state index contributed by atoms with van der Waals surface area (Å²) < 4.78 is 0. The topological polar surface area (TPSA) is 53.2 Å². The first kappa shape index (κ1) is 15.2. The van der Waals surface area contributed by atoms with E-state index < -0.39 is 0 Å². The van der Waals surface area contributed by atoms with Crippen LogP contribution in [0.5, 0.6) is 0 Å². The molecule has 0 aliphatic carbocycles. The van der Waals surface area contributed by atoms with E-state index in [2.05, 4.69) is 11.9 Å². The zero-order valence-electron chi connectivity index (χ0n) is 12.1. The molecule has 0 bridgehead atoms. The van der Waals surface area contributed by atoms with Crippen molar-refractivity contribution in [2.24, 2.45) is 0 Å². The molecule has 5 heteroatoms.